The van der Waals surface area contributed by atoms with Gasteiger partial charge in [0.2, 0.25) is 0 Å². The van der Waals surface area contributed by atoms with Gasteiger partial charge in [-0.25, -0.2) is 0 Å². The Bertz CT molecular complexity index is 770. The van der Waals surface area contributed by atoms with Gasteiger partial charge in [0.25, 0.3) is 0 Å². The van der Waals surface area contributed by atoms with Gasteiger partial charge in [0, 0.05) is 17.0 Å². The van der Waals surface area contributed by atoms with E-state index in [0.29, 0.717) is 0 Å². The molecule has 1 heteroatoms. The highest BCUT2D eigenvalue weighted by Gasteiger charge is 2.33. The fourth-order valence-electron chi connectivity index (χ4n) is 3.38. The van der Waals surface area contributed by atoms with Gasteiger partial charge in [0.05, 0.1) is 5.69 Å². The molecule has 1 heterocycles. The van der Waals surface area contributed by atoms with Crippen LogP contribution in [0.3, 0.4) is 0 Å². The molecule has 0 saturated carbocycles. The topological polar surface area (TPSA) is 12.9 Å². The van der Waals surface area contributed by atoms with E-state index in [-0.39, 0.29) is 10.8 Å². The average molecular weight is 279 g/mol. The first-order chi connectivity index (χ1) is 9.64. The Morgan fingerprint density at radius 1 is 1.05 bits per heavy atom. The second-order valence-corrected chi connectivity index (χ2v) is 7.91. The van der Waals surface area contributed by atoms with Gasteiger partial charge in [-0.15, -0.1) is 0 Å². The molecular weight excluding hydrogens is 254 g/mol. The number of benzene rings is 1. The molecule has 0 atom stereocenters. The van der Waals surface area contributed by atoms with Gasteiger partial charge < -0.3 is 0 Å². The van der Waals surface area contributed by atoms with E-state index < -0.39 is 0 Å². The van der Waals surface area contributed by atoms with Crippen LogP contribution >= 0.6 is 0 Å². The van der Waals surface area contributed by atoms with Gasteiger partial charge in [0.1, 0.15) is 0 Å². The molecule has 0 bridgehead atoms. The zero-order chi connectivity index (χ0) is 15.6. The van der Waals surface area contributed by atoms with Gasteiger partial charge in [-0.1, -0.05) is 52.3 Å². The van der Waals surface area contributed by atoms with Crippen molar-refractivity contribution in [3.8, 4) is 0 Å². The first-order valence-corrected chi connectivity index (χ1v) is 7.76. The minimum atomic E-state index is 0.0691. The first kappa shape index (κ1) is 14.3. The van der Waals surface area contributed by atoms with E-state index in [1.807, 2.05) is 6.20 Å². The van der Waals surface area contributed by atoms with E-state index in [2.05, 4.69) is 71.6 Å². The molecule has 3 rings (SSSR count). The van der Waals surface area contributed by atoms with Crippen molar-refractivity contribution in [1.82, 2.24) is 4.98 Å². The molecule has 0 saturated heterocycles. The van der Waals surface area contributed by atoms with Crippen LogP contribution in [0.2, 0.25) is 0 Å². The number of hydrogen-bond donors (Lipinski definition) is 0. The molecule has 0 unspecified atom stereocenters. The van der Waals surface area contributed by atoms with Gasteiger partial charge in [0.15, 0.2) is 0 Å². The lowest BCUT2D eigenvalue weighted by atomic mass is 9.69. The van der Waals surface area contributed by atoms with E-state index in [4.69, 9.17) is 0 Å². The molecular formula is C20H25N. The summed E-state index contributed by atoms with van der Waals surface area (Å²) in [7, 11) is 0. The molecule has 0 fully saturated rings. The average Bonchev–Trinajstić information content (AvgIpc) is 2.41. The summed E-state index contributed by atoms with van der Waals surface area (Å²) in [4.78, 5) is 4.67. The molecule has 1 aromatic carbocycles. The normalized spacial score (nSPS) is 17.5. The summed E-state index contributed by atoms with van der Waals surface area (Å²) >= 11 is 0. The summed E-state index contributed by atoms with van der Waals surface area (Å²) in [5.74, 6) is 0. The number of nitrogens with zero attached hydrogens (tertiary/aromatic N) is 1. The standard InChI is InChI=1S/C20H25N/c1-12-13(2)20(6,7)16-11-15(19(3,4)5)10-14-8-9-21-18(12)17(14)16/h8-11H,1-7H3. The number of pyridine rings is 1. The summed E-state index contributed by atoms with van der Waals surface area (Å²) < 4.78 is 0. The monoisotopic (exact) mass is 279 g/mol. The van der Waals surface area contributed by atoms with E-state index in [0.717, 1.165) is 0 Å². The van der Waals surface area contributed by atoms with E-state index in [1.54, 1.807) is 0 Å². The molecule has 1 aliphatic rings. The Hall–Kier alpha value is -1.63. The van der Waals surface area contributed by atoms with Gasteiger partial charge in [-0.05, 0) is 47.4 Å². The maximum atomic E-state index is 4.67. The third kappa shape index (κ3) is 1.94. The predicted octanol–water partition coefficient (Wildman–Crippen LogP) is 5.62. The highest BCUT2D eigenvalue weighted by molar-refractivity contribution is 5.99. The van der Waals surface area contributed by atoms with Crippen molar-refractivity contribution in [2.75, 3.05) is 0 Å². The van der Waals surface area contributed by atoms with Crippen molar-refractivity contribution in [3.63, 3.8) is 0 Å². The molecule has 1 nitrogen and oxygen atoms in total. The smallest absolute Gasteiger partial charge is 0.0739 e. The quantitative estimate of drug-likeness (QED) is 0.610. The van der Waals surface area contributed by atoms with E-state index >= 15 is 0 Å². The lowest BCUT2D eigenvalue weighted by molar-refractivity contribution is 0.581. The minimum Gasteiger partial charge on any atom is -0.256 e. The molecule has 0 radical (unpaired) electrons. The Kier molecular flexibility index (Phi) is 2.86. The molecule has 110 valence electrons. The van der Waals surface area contributed by atoms with Crippen LogP contribution in [0.5, 0.6) is 0 Å². The van der Waals surface area contributed by atoms with Gasteiger partial charge in [-0.2, -0.15) is 0 Å². The second-order valence-electron chi connectivity index (χ2n) is 7.91. The summed E-state index contributed by atoms with van der Waals surface area (Å²) in [5.41, 5.74) is 7.00. The van der Waals surface area contributed by atoms with Crippen LogP contribution in [0.15, 0.2) is 30.0 Å². The third-order valence-electron chi connectivity index (χ3n) is 5.26. The van der Waals surface area contributed by atoms with Crippen LogP contribution in [0.25, 0.3) is 16.3 Å². The summed E-state index contributed by atoms with van der Waals surface area (Å²) in [6, 6.07) is 6.90. The highest BCUT2D eigenvalue weighted by atomic mass is 14.7. The summed E-state index contributed by atoms with van der Waals surface area (Å²) in [6.07, 6.45) is 1.95. The van der Waals surface area contributed by atoms with Crippen molar-refractivity contribution < 1.29 is 0 Å². The Balaban J connectivity index is 2.49. The lowest BCUT2D eigenvalue weighted by Gasteiger charge is -2.36. The Labute approximate surface area is 128 Å². The van der Waals surface area contributed by atoms with Gasteiger partial charge >= 0.3 is 0 Å². The lowest BCUT2D eigenvalue weighted by Crippen LogP contribution is -2.25. The molecule has 1 aromatic heterocycles. The van der Waals surface area contributed by atoms with Crippen LogP contribution in [0, 0.1) is 0 Å². The number of rotatable bonds is 0. The van der Waals surface area contributed by atoms with Crippen molar-refractivity contribution in [1.29, 1.82) is 0 Å². The maximum Gasteiger partial charge on any atom is 0.0739 e. The molecule has 2 aromatic rings. The summed E-state index contributed by atoms with van der Waals surface area (Å²) in [6.45, 7) is 16.0. The maximum absolute atomic E-state index is 4.67. The second kappa shape index (κ2) is 4.19. The third-order valence-corrected chi connectivity index (χ3v) is 5.26. The zero-order valence-corrected chi connectivity index (χ0v) is 14.3. The van der Waals surface area contributed by atoms with Crippen LogP contribution in [-0.2, 0) is 10.8 Å². The largest absolute Gasteiger partial charge is 0.256 e. The SMILES string of the molecule is CC1=C(C)C(C)(C)c2cc(C(C)(C)C)cc3ccnc1c23. The number of allylic oxidation sites excluding steroid dienone is 2. The van der Waals surface area contributed by atoms with Crippen molar-refractivity contribution in [3.05, 3.63) is 46.8 Å². The van der Waals surface area contributed by atoms with Crippen molar-refractivity contribution in [2.24, 2.45) is 0 Å². The highest BCUT2D eigenvalue weighted by Crippen LogP contribution is 2.46. The molecule has 0 N–H and O–H groups in total. The van der Waals surface area contributed by atoms with Crippen LogP contribution in [0.1, 0.15) is 65.3 Å². The van der Waals surface area contributed by atoms with Gasteiger partial charge in [-0.3, -0.25) is 4.98 Å². The first-order valence-electron chi connectivity index (χ1n) is 7.76. The van der Waals surface area contributed by atoms with E-state index in [9.17, 15) is 0 Å². The fraction of sp³-hybridized carbons (Fsp3) is 0.450. The minimum absolute atomic E-state index is 0.0691. The molecule has 0 amide bonds. The molecule has 0 spiro atoms. The zero-order valence-electron chi connectivity index (χ0n) is 14.3. The molecule has 1 aliphatic carbocycles. The Morgan fingerprint density at radius 3 is 2.33 bits per heavy atom. The van der Waals surface area contributed by atoms with Crippen LogP contribution < -0.4 is 0 Å². The fourth-order valence-corrected chi connectivity index (χ4v) is 3.38. The molecule has 21 heavy (non-hydrogen) atoms. The predicted molar refractivity (Wildman–Crippen MR) is 91.7 cm³/mol. The van der Waals surface area contributed by atoms with Crippen LogP contribution in [0.4, 0.5) is 0 Å². The van der Waals surface area contributed by atoms with Crippen molar-refractivity contribution in [2.45, 2.75) is 59.3 Å². The number of hydrogen-bond acceptors (Lipinski definition) is 1. The summed E-state index contributed by atoms with van der Waals surface area (Å²) in [5, 5.41) is 2.67. The number of aromatic nitrogens is 1. The van der Waals surface area contributed by atoms with E-state index in [1.165, 1.54) is 38.7 Å². The molecule has 0 aliphatic heterocycles. The van der Waals surface area contributed by atoms with Crippen molar-refractivity contribution >= 4 is 16.3 Å². The van der Waals surface area contributed by atoms with Crippen LogP contribution in [-0.4, -0.2) is 4.98 Å². The Morgan fingerprint density at radius 2 is 1.71 bits per heavy atom.